The Morgan fingerprint density at radius 2 is 2.12 bits per heavy atom. The molecule has 8 heavy (non-hydrogen) atoms. The van der Waals surface area contributed by atoms with Gasteiger partial charge in [-0.05, 0) is 0 Å². The van der Waals surface area contributed by atoms with Gasteiger partial charge in [0.1, 0.15) is 6.61 Å². The second-order valence-electron chi connectivity index (χ2n) is 1.23. The van der Waals surface area contributed by atoms with Crippen LogP contribution in [0.2, 0.25) is 0 Å². The molecule has 5 heteroatoms. The minimum absolute atomic E-state index is 0.284. The quantitative estimate of drug-likeness (QED) is 0.447. The zero-order chi connectivity index (χ0) is 6.62. The lowest BCUT2D eigenvalue weighted by atomic mass is 10.6. The molecule has 1 N–H and O–H groups in total. The zero-order valence-electron chi connectivity index (χ0n) is 4.25. The molecule has 0 unspecified atom stereocenters. The maximum Gasteiger partial charge on any atom is 0.350 e. The number of nitrogens with one attached hydrogen (secondary N) is 1. The molecular weight excluding hydrogens is 123 g/mol. The lowest BCUT2D eigenvalue weighted by Gasteiger charge is -2.09. The monoisotopic (exact) mass is 129 g/mol. The molecule has 0 heterocycles. The van der Waals surface area contributed by atoms with Crippen molar-refractivity contribution in [2.45, 2.75) is 6.05 Å². The standard InChI is InChI=1S/C3H6F3NO/c1-8-2-3(4,5)7-6/h7H,2H2,1H3. The maximum atomic E-state index is 11.5. The predicted octanol–water partition coefficient (Wildman–Crippen LogP) is 0.700. The summed E-state index contributed by atoms with van der Waals surface area (Å²) in [5, 5.41) is 0. The van der Waals surface area contributed by atoms with Crippen LogP contribution >= 0.6 is 0 Å². The second-order valence-corrected chi connectivity index (χ2v) is 1.23. The molecule has 0 aromatic rings. The summed E-state index contributed by atoms with van der Waals surface area (Å²) in [5.41, 5.74) is 0.284. The number of hydrogen-bond donors (Lipinski definition) is 1. The molecule has 0 rings (SSSR count). The van der Waals surface area contributed by atoms with Gasteiger partial charge in [-0.2, -0.15) is 8.78 Å². The van der Waals surface area contributed by atoms with E-state index in [9.17, 15) is 13.3 Å². The van der Waals surface area contributed by atoms with E-state index >= 15 is 0 Å². The summed E-state index contributed by atoms with van der Waals surface area (Å²) in [5.74, 6) is 0. The second kappa shape index (κ2) is 2.88. The number of rotatable bonds is 3. The van der Waals surface area contributed by atoms with Gasteiger partial charge in [0, 0.05) is 7.11 Å². The number of halogens is 3. The summed E-state index contributed by atoms with van der Waals surface area (Å²) in [6, 6.07) is -3.55. The van der Waals surface area contributed by atoms with Gasteiger partial charge in [0.2, 0.25) is 0 Å². The Bertz CT molecular complexity index is 67.5. The third-order valence-corrected chi connectivity index (χ3v) is 0.464. The largest absolute Gasteiger partial charge is 0.377 e. The van der Waals surface area contributed by atoms with E-state index in [4.69, 9.17) is 0 Å². The van der Waals surface area contributed by atoms with Crippen molar-refractivity contribution in [1.29, 1.82) is 0 Å². The first-order valence-corrected chi connectivity index (χ1v) is 1.87. The first-order valence-electron chi connectivity index (χ1n) is 1.87. The van der Waals surface area contributed by atoms with Gasteiger partial charge in [0.05, 0.1) is 0 Å². The van der Waals surface area contributed by atoms with Crippen molar-refractivity contribution < 1.29 is 18.0 Å². The molecule has 0 atom stereocenters. The van der Waals surface area contributed by atoms with Crippen molar-refractivity contribution in [1.82, 2.24) is 5.54 Å². The van der Waals surface area contributed by atoms with Crippen molar-refractivity contribution in [3.05, 3.63) is 0 Å². The fourth-order valence-corrected chi connectivity index (χ4v) is 0.209. The summed E-state index contributed by atoms with van der Waals surface area (Å²) >= 11 is 0. The number of hydrogen-bond acceptors (Lipinski definition) is 2. The van der Waals surface area contributed by atoms with Crippen LogP contribution < -0.4 is 5.54 Å². The van der Waals surface area contributed by atoms with Gasteiger partial charge >= 0.3 is 6.05 Å². The molecule has 0 aromatic heterocycles. The lowest BCUT2D eigenvalue weighted by molar-refractivity contribution is -0.129. The SMILES string of the molecule is COCC(F)(F)NF. The Morgan fingerprint density at radius 1 is 1.62 bits per heavy atom. The Hall–Kier alpha value is -0.290. The topological polar surface area (TPSA) is 21.3 Å². The molecule has 0 fully saturated rings. The summed E-state index contributed by atoms with van der Waals surface area (Å²) in [6.07, 6.45) is 0. The minimum atomic E-state index is -3.55. The van der Waals surface area contributed by atoms with Crippen LogP contribution in [0.1, 0.15) is 0 Å². The number of methoxy groups -OCH3 is 1. The smallest absolute Gasteiger partial charge is 0.350 e. The van der Waals surface area contributed by atoms with Gasteiger partial charge in [0.15, 0.2) is 0 Å². The zero-order valence-corrected chi connectivity index (χ0v) is 4.25. The highest BCUT2D eigenvalue weighted by Crippen LogP contribution is 2.07. The van der Waals surface area contributed by atoms with Gasteiger partial charge in [-0.15, -0.1) is 4.48 Å². The van der Waals surface area contributed by atoms with Crippen LogP contribution in [0.3, 0.4) is 0 Å². The van der Waals surface area contributed by atoms with Crippen molar-refractivity contribution in [3.8, 4) is 0 Å². The van der Waals surface area contributed by atoms with Gasteiger partial charge in [-0.25, -0.2) is 0 Å². The highest BCUT2D eigenvalue weighted by molar-refractivity contribution is 4.52. The van der Waals surface area contributed by atoms with Gasteiger partial charge in [-0.3, -0.25) is 0 Å². The first kappa shape index (κ1) is 7.71. The Kier molecular flexibility index (Phi) is 2.78. The van der Waals surface area contributed by atoms with E-state index in [1.807, 2.05) is 0 Å². The molecule has 0 saturated heterocycles. The van der Waals surface area contributed by atoms with Crippen LogP contribution in [0.4, 0.5) is 13.3 Å². The summed E-state index contributed by atoms with van der Waals surface area (Å²) < 4.78 is 37.9. The molecule has 0 saturated carbocycles. The van der Waals surface area contributed by atoms with E-state index in [-0.39, 0.29) is 5.54 Å². The van der Waals surface area contributed by atoms with Crippen molar-refractivity contribution in [3.63, 3.8) is 0 Å². The molecule has 0 aliphatic rings. The van der Waals surface area contributed by atoms with Crippen LogP contribution in [0.15, 0.2) is 0 Å². The molecule has 0 aliphatic carbocycles. The minimum Gasteiger partial charge on any atom is -0.377 e. The van der Waals surface area contributed by atoms with Crippen LogP contribution in [-0.4, -0.2) is 19.8 Å². The highest BCUT2D eigenvalue weighted by atomic mass is 19.3. The van der Waals surface area contributed by atoms with Crippen molar-refractivity contribution >= 4 is 0 Å². The van der Waals surface area contributed by atoms with Crippen molar-refractivity contribution in [2.75, 3.05) is 13.7 Å². The Morgan fingerprint density at radius 3 is 2.25 bits per heavy atom. The summed E-state index contributed by atoms with van der Waals surface area (Å²) in [7, 11) is 1.06. The molecule has 0 radical (unpaired) electrons. The Balaban J connectivity index is 3.37. The van der Waals surface area contributed by atoms with Gasteiger partial charge < -0.3 is 4.74 Å². The van der Waals surface area contributed by atoms with E-state index in [0.717, 1.165) is 7.11 Å². The predicted molar refractivity (Wildman–Crippen MR) is 21.1 cm³/mol. The molecule has 50 valence electrons. The number of ether oxygens (including phenoxy) is 1. The molecule has 2 nitrogen and oxygen atoms in total. The first-order chi connectivity index (χ1) is 3.62. The van der Waals surface area contributed by atoms with Gasteiger partial charge in [0.25, 0.3) is 0 Å². The lowest BCUT2D eigenvalue weighted by Crippen LogP contribution is -2.34. The van der Waals surface area contributed by atoms with Crippen LogP contribution in [0, 0.1) is 0 Å². The van der Waals surface area contributed by atoms with E-state index in [2.05, 4.69) is 4.74 Å². The van der Waals surface area contributed by atoms with Crippen LogP contribution in [0.25, 0.3) is 0 Å². The van der Waals surface area contributed by atoms with Crippen LogP contribution in [-0.2, 0) is 4.74 Å². The normalized spacial score (nSPS) is 12.0. The third-order valence-electron chi connectivity index (χ3n) is 0.464. The van der Waals surface area contributed by atoms with E-state index in [1.165, 1.54) is 0 Å². The molecule has 0 amide bonds. The summed E-state index contributed by atoms with van der Waals surface area (Å²) in [6.45, 7) is -0.955. The molecule has 0 bridgehead atoms. The molecule has 0 aromatic carbocycles. The Labute approximate surface area is 44.6 Å². The highest BCUT2D eigenvalue weighted by Gasteiger charge is 2.27. The fraction of sp³-hybridized carbons (Fsp3) is 1.00. The number of alkyl halides is 2. The summed E-state index contributed by atoms with van der Waals surface area (Å²) in [4.78, 5) is 0. The molecular formula is C3H6F3NO. The average Bonchev–Trinajstić information content (AvgIpc) is 1.67. The van der Waals surface area contributed by atoms with Crippen molar-refractivity contribution in [2.24, 2.45) is 0 Å². The van der Waals surface area contributed by atoms with Crippen LogP contribution in [0.5, 0.6) is 0 Å². The fourth-order valence-electron chi connectivity index (χ4n) is 0.209. The van der Waals surface area contributed by atoms with E-state index in [0.29, 0.717) is 0 Å². The maximum absolute atomic E-state index is 11.5. The molecule has 0 spiro atoms. The van der Waals surface area contributed by atoms with Gasteiger partial charge in [-0.1, -0.05) is 5.54 Å². The average molecular weight is 129 g/mol. The van der Waals surface area contributed by atoms with E-state index < -0.39 is 12.7 Å². The molecule has 0 aliphatic heterocycles. The van der Waals surface area contributed by atoms with E-state index in [1.54, 1.807) is 0 Å². The third kappa shape index (κ3) is 2.81.